The molecule has 1 unspecified atom stereocenters. The lowest BCUT2D eigenvalue weighted by Gasteiger charge is -2.05. The van der Waals surface area contributed by atoms with Gasteiger partial charge in [0.1, 0.15) is 11.7 Å². The number of hydrogen-bond acceptors (Lipinski definition) is 5. The van der Waals surface area contributed by atoms with Crippen molar-refractivity contribution in [2.75, 3.05) is 13.7 Å². The van der Waals surface area contributed by atoms with Crippen molar-refractivity contribution in [3.8, 4) is 0 Å². The van der Waals surface area contributed by atoms with Gasteiger partial charge in [-0.2, -0.15) is 0 Å². The fourth-order valence-corrected chi connectivity index (χ4v) is 2.69. The fraction of sp³-hybridized carbons (Fsp3) is 0.824. The van der Waals surface area contributed by atoms with E-state index in [4.69, 9.17) is 4.74 Å². The molecule has 0 aromatic heterocycles. The quantitative estimate of drug-likeness (QED) is 0.314. The molecular weight excluding hydrogens is 284 g/mol. The van der Waals surface area contributed by atoms with E-state index >= 15 is 0 Å². The van der Waals surface area contributed by atoms with Gasteiger partial charge in [-0.25, -0.2) is 0 Å². The Morgan fingerprint density at radius 2 is 1.55 bits per heavy atom. The van der Waals surface area contributed by atoms with Gasteiger partial charge in [0.2, 0.25) is 0 Å². The molecule has 22 heavy (non-hydrogen) atoms. The highest BCUT2D eigenvalue weighted by Gasteiger charge is 2.32. The number of hydrogen-bond donors (Lipinski definition) is 0. The van der Waals surface area contributed by atoms with Crippen LogP contribution < -0.4 is 0 Å². The van der Waals surface area contributed by atoms with E-state index in [1.54, 1.807) is 0 Å². The maximum atomic E-state index is 11.8. The molecule has 0 saturated carbocycles. The van der Waals surface area contributed by atoms with E-state index in [0.29, 0.717) is 25.9 Å². The van der Waals surface area contributed by atoms with E-state index in [1.807, 2.05) is 0 Å². The maximum absolute atomic E-state index is 11.8. The molecule has 0 radical (unpaired) electrons. The number of Topliss-reactive ketones (excluding diaryl/α,β-unsaturated/α-hetero) is 1. The molecule has 0 aromatic carbocycles. The Labute approximate surface area is 132 Å². The van der Waals surface area contributed by atoms with Crippen LogP contribution in [0.2, 0.25) is 0 Å². The Kier molecular flexibility index (Phi) is 9.51. The van der Waals surface area contributed by atoms with E-state index < -0.39 is 5.92 Å². The van der Waals surface area contributed by atoms with E-state index in [-0.39, 0.29) is 17.7 Å². The lowest BCUT2D eigenvalue weighted by molar-refractivity contribution is -0.144. The number of carbonyl (C=O) groups is 3. The van der Waals surface area contributed by atoms with Gasteiger partial charge in [-0.05, 0) is 12.8 Å². The first-order valence-corrected chi connectivity index (χ1v) is 8.41. The molecule has 1 atom stereocenters. The summed E-state index contributed by atoms with van der Waals surface area (Å²) in [7, 11) is 1.42. The molecule has 0 N–H and O–H groups in total. The number of unbranched alkanes of at least 4 members (excludes halogenated alkanes) is 7. The average molecular weight is 312 g/mol. The van der Waals surface area contributed by atoms with Crippen molar-refractivity contribution in [1.29, 1.82) is 0 Å². The number of esters is 2. The Balaban J connectivity index is 1.86. The predicted molar refractivity (Wildman–Crippen MR) is 82.3 cm³/mol. The summed E-state index contributed by atoms with van der Waals surface area (Å²) in [4.78, 5) is 34.0. The zero-order chi connectivity index (χ0) is 16.2. The first-order valence-electron chi connectivity index (χ1n) is 8.41. The van der Waals surface area contributed by atoms with Crippen molar-refractivity contribution >= 4 is 17.7 Å². The minimum absolute atomic E-state index is 0.0466. The van der Waals surface area contributed by atoms with Crippen LogP contribution >= 0.6 is 0 Å². The molecule has 1 saturated heterocycles. The van der Waals surface area contributed by atoms with Crippen molar-refractivity contribution in [3.05, 3.63) is 0 Å². The first-order chi connectivity index (χ1) is 10.6. The smallest absolute Gasteiger partial charge is 0.316 e. The second-order valence-corrected chi connectivity index (χ2v) is 5.88. The zero-order valence-electron chi connectivity index (χ0n) is 13.6. The molecular formula is C17H28O5. The van der Waals surface area contributed by atoms with Crippen LogP contribution in [0.15, 0.2) is 0 Å². The second-order valence-electron chi connectivity index (χ2n) is 5.88. The molecule has 126 valence electrons. The number of methoxy groups -OCH3 is 1. The average Bonchev–Trinajstić information content (AvgIpc) is 2.94. The Bertz CT molecular complexity index is 364. The van der Waals surface area contributed by atoms with E-state index in [9.17, 15) is 14.4 Å². The van der Waals surface area contributed by atoms with Crippen molar-refractivity contribution in [2.45, 2.75) is 70.6 Å². The molecule has 0 amide bonds. The van der Waals surface area contributed by atoms with Crippen molar-refractivity contribution < 1.29 is 23.9 Å². The van der Waals surface area contributed by atoms with Crippen LogP contribution in [0.5, 0.6) is 0 Å². The molecule has 1 aliphatic heterocycles. The highest BCUT2D eigenvalue weighted by molar-refractivity contribution is 5.99. The number of carbonyl (C=O) groups excluding carboxylic acids is 3. The molecule has 1 rings (SSSR count). The van der Waals surface area contributed by atoms with Crippen LogP contribution in [0.1, 0.15) is 70.6 Å². The summed E-state index contributed by atoms with van der Waals surface area (Å²) in [6.07, 6.45) is 10.0. The monoisotopic (exact) mass is 312 g/mol. The summed E-state index contributed by atoms with van der Waals surface area (Å²) >= 11 is 0. The first kappa shape index (κ1) is 18.7. The normalized spacial score (nSPS) is 17.3. The number of ketones is 1. The summed E-state index contributed by atoms with van der Waals surface area (Å²) in [5, 5.41) is 0. The number of ether oxygens (including phenoxy) is 2. The predicted octanol–water partition coefficient (Wildman–Crippen LogP) is 3.19. The molecule has 0 spiro atoms. The Morgan fingerprint density at radius 1 is 1.00 bits per heavy atom. The standard InChI is InChI=1S/C17H28O5/c1-21-16(19)11-9-7-5-3-2-4-6-8-10-15(18)14-12-13-22-17(14)20/h14H,2-13H2,1H3. The van der Waals surface area contributed by atoms with E-state index in [0.717, 1.165) is 44.9 Å². The molecule has 0 aromatic rings. The lowest BCUT2D eigenvalue weighted by atomic mass is 9.97. The molecule has 1 fully saturated rings. The Hall–Kier alpha value is -1.39. The van der Waals surface area contributed by atoms with Crippen LogP contribution in [0.25, 0.3) is 0 Å². The molecule has 0 bridgehead atoms. The molecule has 1 heterocycles. The highest BCUT2D eigenvalue weighted by Crippen LogP contribution is 2.19. The number of cyclic esters (lactones) is 1. The van der Waals surface area contributed by atoms with Crippen LogP contribution in [-0.2, 0) is 23.9 Å². The van der Waals surface area contributed by atoms with E-state index in [2.05, 4.69) is 4.74 Å². The van der Waals surface area contributed by atoms with Crippen LogP contribution in [-0.4, -0.2) is 31.4 Å². The largest absolute Gasteiger partial charge is 0.469 e. The van der Waals surface area contributed by atoms with Gasteiger partial charge in [0.05, 0.1) is 13.7 Å². The van der Waals surface area contributed by atoms with Gasteiger partial charge in [0.25, 0.3) is 0 Å². The summed E-state index contributed by atoms with van der Waals surface area (Å²) < 4.78 is 9.40. The fourth-order valence-electron chi connectivity index (χ4n) is 2.69. The van der Waals surface area contributed by atoms with Gasteiger partial charge in [-0.3, -0.25) is 14.4 Å². The zero-order valence-corrected chi connectivity index (χ0v) is 13.6. The van der Waals surface area contributed by atoms with Gasteiger partial charge in [-0.15, -0.1) is 0 Å². The molecule has 0 aliphatic carbocycles. The topological polar surface area (TPSA) is 69.7 Å². The molecule has 5 nitrogen and oxygen atoms in total. The van der Waals surface area contributed by atoms with Gasteiger partial charge >= 0.3 is 11.9 Å². The summed E-state index contributed by atoms with van der Waals surface area (Å²) in [5.74, 6) is -0.909. The minimum Gasteiger partial charge on any atom is -0.469 e. The molecule has 5 heteroatoms. The van der Waals surface area contributed by atoms with Crippen molar-refractivity contribution in [1.82, 2.24) is 0 Å². The van der Waals surface area contributed by atoms with Crippen LogP contribution in [0.3, 0.4) is 0 Å². The van der Waals surface area contributed by atoms with Crippen LogP contribution in [0.4, 0.5) is 0 Å². The Morgan fingerprint density at radius 3 is 2.05 bits per heavy atom. The third kappa shape index (κ3) is 7.57. The van der Waals surface area contributed by atoms with Crippen molar-refractivity contribution in [3.63, 3.8) is 0 Å². The summed E-state index contributed by atoms with van der Waals surface area (Å²) in [6, 6.07) is 0. The lowest BCUT2D eigenvalue weighted by Crippen LogP contribution is -2.18. The van der Waals surface area contributed by atoms with Crippen molar-refractivity contribution in [2.24, 2.45) is 5.92 Å². The summed E-state index contributed by atoms with van der Waals surface area (Å²) in [5.41, 5.74) is 0. The van der Waals surface area contributed by atoms with Gasteiger partial charge in [-0.1, -0.05) is 38.5 Å². The third-order valence-corrected chi connectivity index (χ3v) is 4.11. The second kappa shape index (κ2) is 11.2. The van der Waals surface area contributed by atoms with Crippen LogP contribution in [0, 0.1) is 5.92 Å². The number of rotatable bonds is 12. The third-order valence-electron chi connectivity index (χ3n) is 4.11. The SMILES string of the molecule is COC(=O)CCCCCCCCCCC(=O)C1CCOC1=O. The van der Waals surface area contributed by atoms with Gasteiger partial charge in [0, 0.05) is 19.3 Å². The van der Waals surface area contributed by atoms with Gasteiger partial charge < -0.3 is 9.47 Å². The minimum atomic E-state index is -0.491. The maximum Gasteiger partial charge on any atom is 0.316 e. The van der Waals surface area contributed by atoms with E-state index in [1.165, 1.54) is 13.5 Å². The highest BCUT2D eigenvalue weighted by atomic mass is 16.5. The van der Waals surface area contributed by atoms with Gasteiger partial charge in [0.15, 0.2) is 0 Å². The summed E-state index contributed by atoms with van der Waals surface area (Å²) in [6.45, 7) is 0.394. The molecule has 1 aliphatic rings.